The second-order valence-corrected chi connectivity index (χ2v) is 6.13. The fourth-order valence-corrected chi connectivity index (χ4v) is 2.93. The third-order valence-electron chi connectivity index (χ3n) is 4.36. The van der Waals surface area contributed by atoms with Gasteiger partial charge < -0.3 is 14.7 Å². The Balaban J connectivity index is 1.95. The molecule has 0 radical (unpaired) electrons. The molecule has 1 aliphatic rings. The third-order valence-corrected chi connectivity index (χ3v) is 4.36. The number of halogens is 3. The van der Waals surface area contributed by atoms with Crippen LogP contribution < -0.4 is 9.64 Å². The fourth-order valence-electron chi connectivity index (χ4n) is 2.93. The van der Waals surface area contributed by atoms with E-state index >= 15 is 0 Å². The molecule has 3 rings (SSSR count). The summed E-state index contributed by atoms with van der Waals surface area (Å²) in [5.41, 5.74) is 0.991. The summed E-state index contributed by atoms with van der Waals surface area (Å²) in [5.74, 6) is -0.871. The Labute approximate surface area is 148 Å². The zero-order valence-electron chi connectivity index (χ0n) is 14.1. The maximum atomic E-state index is 13.1. The van der Waals surface area contributed by atoms with Gasteiger partial charge in [-0.1, -0.05) is 12.1 Å². The number of aliphatic carboxylic acids is 1. The van der Waals surface area contributed by atoms with Crippen molar-refractivity contribution in [3.05, 3.63) is 48.0 Å². The molecule has 138 valence electrons. The first kappa shape index (κ1) is 18.1. The van der Waals surface area contributed by atoms with Crippen LogP contribution in [0.15, 0.2) is 42.5 Å². The van der Waals surface area contributed by atoms with E-state index in [9.17, 15) is 18.0 Å². The second-order valence-electron chi connectivity index (χ2n) is 6.13. The monoisotopic (exact) mass is 365 g/mol. The normalized spacial score (nSPS) is 14.8. The van der Waals surface area contributed by atoms with Crippen LogP contribution in [0, 0.1) is 5.92 Å². The minimum atomic E-state index is -4.44. The highest BCUT2D eigenvalue weighted by Crippen LogP contribution is 2.38. The number of hydrogen-bond donors (Lipinski definition) is 1. The van der Waals surface area contributed by atoms with Gasteiger partial charge in [0.2, 0.25) is 0 Å². The Morgan fingerprint density at radius 2 is 1.96 bits per heavy atom. The summed E-state index contributed by atoms with van der Waals surface area (Å²) < 4.78 is 44.7. The maximum Gasteiger partial charge on any atom is 0.416 e. The Hall–Kier alpha value is -2.70. The van der Waals surface area contributed by atoms with E-state index < -0.39 is 23.6 Å². The van der Waals surface area contributed by atoms with Gasteiger partial charge in [0, 0.05) is 24.3 Å². The van der Waals surface area contributed by atoms with Crippen molar-refractivity contribution in [2.45, 2.75) is 13.1 Å². The molecule has 4 nitrogen and oxygen atoms in total. The molecule has 0 aromatic heterocycles. The lowest BCUT2D eigenvalue weighted by Crippen LogP contribution is -2.50. The molecule has 0 unspecified atom stereocenters. The van der Waals surface area contributed by atoms with E-state index in [0.29, 0.717) is 36.6 Å². The molecule has 1 saturated heterocycles. The molecule has 2 aromatic rings. The largest absolute Gasteiger partial charge is 0.493 e. The summed E-state index contributed by atoms with van der Waals surface area (Å²) in [4.78, 5) is 12.8. The van der Waals surface area contributed by atoms with Crippen LogP contribution in [0.4, 0.5) is 18.9 Å². The van der Waals surface area contributed by atoms with Gasteiger partial charge in [-0.3, -0.25) is 4.79 Å². The van der Waals surface area contributed by atoms with Crippen molar-refractivity contribution in [2.75, 3.05) is 24.6 Å². The summed E-state index contributed by atoms with van der Waals surface area (Å²) in [6.45, 7) is 2.88. The number of carboxylic acid groups (broad SMARTS) is 1. The number of rotatable bonds is 5. The van der Waals surface area contributed by atoms with Gasteiger partial charge in [-0.15, -0.1) is 0 Å². The van der Waals surface area contributed by atoms with Crippen LogP contribution >= 0.6 is 0 Å². The number of anilines is 1. The molecule has 7 heteroatoms. The standard InChI is InChI=1S/C19H18F3NO3/c1-2-26-17-7-6-14(19(20,21)22)9-16(17)12-4-3-5-15(8-12)23-10-13(11-23)18(24)25/h3-9,13H,2,10-11H2,1H3,(H,24,25). The molecule has 26 heavy (non-hydrogen) atoms. The predicted molar refractivity (Wildman–Crippen MR) is 91.4 cm³/mol. The minimum Gasteiger partial charge on any atom is -0.493 e. The number of nitrogens with zero attached hydrogens (tertiary/aromatic N) is 1. The summed E-state index contributed by atoms with van der Waals surface area (Å²) in [7, 11) is 0. The van der Waals surface area contributed by atoms with E-state index in [0.717, 1.165) is 17.8 Å². The van der Waals surface area contributed by atoms with Crippen molar-refractivity contribution >= 4 is 11.7 Å². The van der Waals surface area contributed by atoms with E-state index in [2.05, 4.69) is 0 Å². The van der Waals surface area contributed by atoms with Crippen molar-refractivity contribution in [3.63, 3.8) is 0 Å². The Kier molecular flexibility index (Phi) is 4.80. The zero-order chi connectivity index (χ0) is 18.9. The van der Waals surface area contributed by atoms with Gasteiger partial charge >= 0.3 is 12.1 Å². The fraction of sp³-hybridized carbons (Fsp3) is 0.316. The summed E-state index contributed by atoms with van der Waals surface area (Å²) in [6.07, 6.45) is -4.44. The number of ether oxygens (including phenoxy) is 1. The van der Waals surface area contributed by atoms with Gasteiger partial charge in [0.25, 0.3) is 0 Å². The van der Waals surface area contributed by atoms with Crippen molar-refractivity contribution in [1.29, 1.82) is 0 Å². The van der Waals surface area contributed by atoms with Crippen LogP contribution in [-0.4, -0.2) is 30.8 Å². The minimum absolute atomic E-state index is 0.338. The molecular weight excluding hydrogens is 347 g/mol. The lowest BCUT2D eigenvalue weighted by molar-refractivity contribution is -0.142. The number of carboxylic acids is 1. The number of benzene rings is 2. The van der Waals surface area contributed by atoms with Crippen molar-refractivity contribution in [1.82, 2.24) is 0 Å². The highest BCUT2D eigenvalue weighted by Gasteiger charge is 2.33. The molecular formula is C19H18F3NO3. The molecule has 0 spiro atoms. The lowest BCUT2D eigenvalue weighted by Gasteiger charge is -2.38. The highest BCUT2D eigenvalue weighted by atomic mass is 19.4. The van der Waals surface area contributed by atoms with Crippen LogP contribution in [0.3, 0.4) is 0 Å². The molecule has 2 aromatic carbocycles. The molecule has 1 heterocycles. The first-order chi connectivity index (χ1) is 12.3. The molecule has 1 N–H and O–H groups in total. The molecule has 0 amide bonds. The average Bonchev–Trinajstić information content (AvgIpc) is 2.53. The van der Waals surface area contributed by atoms with E-state index in [-0.39, 0.29) is 0 Å². The molecule has 0 saturated carbocycles. The Morgan fingerprint density at radius 3 is 2.58 bits per heavy atom. The Bertz CT molecular complexity index is 814. The topological polar surface area (TPSA) is 49.8 Å². The first-order valence-electron chi connectivity index (χ1n) is 8.22. The van der Waals surface area contributed by atoms with Gasteiger partial charge in [0.15, 0.2) is 0 Å². The number of alkyl halides is 3. The highest BCUT2D eigenvalue weighted by molar-refractivity contribution is 5.77. The zero-order valence-corrected chi connectivity index (χ0v) is 14.1. The number of hydrogen-bond acceptors (Lipinski definition) is 3. The van der Waals surface area contributed by atoms with Crippen LogP contribution in [0.2, 0.25) is 0 Å². The van der Waals surface area contributed by atoms with E-state index in [4.69, 9.17) is 9.84 Å². The van der Waals surface area contributed by atoms with Gasteiger partial charge in [0.1, 0.15) is 5.75 Å². The SMILES string of the molecule is CCOc1ccc(C(F)(F)F)cc1-c1cccc(N2CC(C(=O)O)C2)c1. The van der Waals surface area contributed by atoms with Crippen LogP contribution in [0.5, 0.6) is 5.75 Å². The van der Waals surface area contributed by atoms with E-state index in [1.54, 1.807) is 25.1 Å². The predicted octanol–water partition coefficient (Wildman–Crippen LogP) is 4.29. The lowest BCUT2D eigenvalue weighted by atomic mass is 9.97. The van der Waals surface area contributed by atoms with Crippen molar-refractivity contribution in [3.8, 4) is 16.9 Å². The summed E-state index contributed by atoms with van der Waals surface area (Å²) in [6, 6.07) is 10.5. The van der Waals surface area contributed by atoms with E-state index in [1.807, 2.05) is 11.0 Å². The average molecular weight is 365 g/mol. The molecule has 0 atom stereocenters. The maximum absolute atomic E-state index is 13.1. The second kappa shape index (κ2) is 6.90. The van der Waals surface area contributed by atoms with Gasteiger partial charge in [-0.2, -0.15) is 13.2 Å². The van der Waals surface area contributed by atoms with E-state index in [1.165, 1.54) is 6.07 Å². The van der Waals surface area contributed by atoms with Crippen LogP contribution in [0.25, 0.3) is 11.1 Å². The summed E-state index contributed by atoms with van der Waals surface area (Å²) >= 11 is 0. The summed E-state index contributed by atoms with van der Waals surface area (Å²) in [5, 5.41) is 8.98. The molecule has 1 fully saturated rings. The third kappa shape index (κ3) is 3.61. The number of carbonyl (C=O) groups is 1. The smallest absolute Gasteiger partial charge is 0.416 e. The first-order valence-corrected chi connectivity index (χ1v) is 8.22. The van der Waals surface area contributed by atoms with Gasteiger partial charge in [0.05, 0.1) is 18.1 Å². The molecule has 0 bridgehead atoms. The van der Waals surface area contributed by atoms with Crippen LogP contribution in [0.1, 0.15) is 12.5 Å². The quantitative estimate of drug-likeness (QED) is 0.859. The molecule has 0 aliphatic carbocycles. The van der Waals surface area contributed by atoms with Crippen LogP contribution in [-0.2, 0) is 11.0 Å². The van der Waals surface area contributed by atoms with Crippen molar-refractivity contribution < 1.29 is 27.8 Å². The molecule has 1 aliphatic heterocycles. The van der Waals surface area contributed by atoms with Gasteiger partial charge in [-0.05, 0) is 42.8 Å². The Morgan fingerprint density at radius 1 is 1.23 bits per heavy atom. The van der Waals surface area contributed by atoms with Gasteiger partial charge in [-0.25, -0.2) is 0 Å². The van der Waals surface area contributed by atoms with Crippen molar-refractivity contribution in [2.24, 2.45) is 5.92 Å².